The third kappa shape index (κ3) is 2.57. The van der Waals surface area contributed by atoms with Crippen molar-refractivity contribution < 1.29 is 4.79 Å². The first-order valence-electron chi connectivity index (χ1n) is 6.80. The van der Waals surface area contributed by atoms with Gasteiger partial charge in [0, 0.05) is 12.6 Å². The van der Waals surface area contributed by atoms with E-state index in [-0.39, 0.29) is 6.04 Å². The van der Waals surface area contributed by atoms with Gasteiger partial charge in [-0.2, -0.15) is 0 Å². The molecule has 1 saturated carbocycles. The fourth-order valence-electron chi connectivity index (χ4n) is 3.08. The zero-order chi connectivity index (χ0) is 11.4. The Morgan fingerprint density at radius 2 is 1.69 bits per heavy atom. The number of hydrogen-bond donors (Lipinski definition) is 1. The predicted molar refractivity (Wildman–Crippen MR) is 65.3 cm³/mol. The van der Waals surface area contributed by atoms with Crippen molar-refractivity contribution in [3.05, 3.63) is 0 Å². The minimum Gasteiger partial charge on any atom is -0.338 e. The van der Waals surface area contributed by atoms with Crippen LogP contribution in [0.3, 0.4) is 0 Å². The lowest BCUT2D eigenvalue weighted by Gasteiger charge is -2.29. The minimum absolute atomic E-state index is 0.0884. The van der Waals surface area contributed by atoms with Gasteiger partial charge in [0.1, 0.15) is 0 Å². The monoisotopic (exact) mass is 224 g/mol. The van der Waals surface area contributed by atoms with Crippen molar-refractivity contribution in [1.82, 2.24) is 10.2 Å². The van der Waals surface area contributed by atoms with Crippen LogP contribution in [0.2, 0.25) is 0 Å². The summed E-state index contributed by atoms with van der Waals surface area (Å²) in [6, 6.07) is 0.622. The van der Waals surface area contributed by atoms with Crippen LogP contribution in [0, 0.1) is 0 Å². The van der Waals surface area contributed by atoms with Gasteiger partial charge in [-0.1, -0.05) is 32.1 Å². The maximum Gasteiger partial charge on any atom is 0.240 e. The summed E-state index contributed by atoms with van der Waals surface area (Å²) in [6.45, 7) is 0.967. The summed E-state index contributed by atoms with van der Waals surface area (Å²) in [5.74, 6) is 0.341. The molecule has 2 rings (SSSR count). The first kappa shape index (κ1) is 11.9. The zero-order valence-electron chi connectivity index (χ0n) is 10.4. The van der Waals surface area contributed by atoms with E-state index in [1.165, 1.54) is 44.9 Å². The van der Waals surface area contributed by atoms with Crippen molar-refractivity contribution in [1.29, 1.82) is 0 Å². The molecular formula is C13H24N2O. The molecule has 0 spiro atoms. The van der Waals surface area contributed by atoms with Crippen LogP contribution < -0.4 is 5.32 Å². The average molecular weight is 224 g/mol. The van der Waals surface area contributed by atoms with Crippen LogP contribution in [-0.2, 0) is 4.79 Å². The van der Waals surface area contributed by atoms with Gasteiger partial charge in [-0.3, -0.25) is 4.79 Å². The third-order valence-electron chi connectivity index (χ3n) is 4.10. The highest BCUT2D eigenvalue weighted by Crippen LogP contribution is 2.25. The van der Waals surface area contributed by atoms with Crippen LogP contribution in [0.4, 0.5) is 0 Å². The first-order valence-corrected chi connectivity index (χ1v) is 6.80. The van der Waals surface area contributed by atoms with E-state index in [1.54, 1.807) is 0 Å². The number of carbonyl (C=O) groups excluding carboxylic acids is 1. The van der Waals surface area contributed by atoms with Crippen molar-refractivity contribution in [2.45, 2.75) is 63.5 Å². The number of amides is 1. The Morgan fingerprint density at radius 1 is 1.06 bits per heavy atom. The summed E-state index contributed by atoms with van der Waals surface area (Å²) >= 11 is 0. The number of carbonyl (C=O) groups is 1. The van der Waals surface area contributed by atoms with Gasteiger partial charge >= 0.3 is 0 Å². The van der Waals surface area contributed by atoms with E-state index < -0.39 is 0 Å². The van der Waals surface area contributed by atoms with Crippen molar-refractivity contribution in [2.24, 2.45) is 0 Å². The van der Waals surface area contributed by atoms with Crippen LogP contribution in [0.25, 0.3) is 0 Å². The summed E-state index contributed by atoms with van der Waals surface area (Å²) in [5, 5.41) is 3.12. The normalized spacial score (nSPS) is 29.2. The first-order chi connectivity index (χ1) is 7.83. The molecule has 1 saturated heterocycles. The maximum atomic E-state index is 12.1. The molecule has 92 valence electrons. The van der Waals surface area contributed by atoms with Crippen LogP contribution >= 0.6 is 0 Å². The summed E-state index contributed by atoms with van der Waals surface area (Å²) in [6.07, 6.45) is 10.1. The molecular weight excluding hydrogens is 200 g/mol. The molecule has 2 aliphatic rings. The zero-order valence-corrected chi connectivity index (χ0v) is 10.4. The molecule has 0 aromatic rings. The fraction of sp³-hybridized carbons (Fsp3) is 0.923. The molecule has 1 aliphatic heterocycles. The number of likely N-dealkylation sites (N-methyl/N-ethyl adjacent to an activating group) is 1. The number of likely N-dealkylation sites (tertiary alicyclic amines) is 1. The number of nitrogens with one attached hydrogen (secondary N) is 1. The maximum absolute atomic E-state index is 12.1. The molecule has 0 aromatic heterocycles. The molecule has 3 nitrogen and oxygen atoms in total. The Bertz CT molecular complexity index is 234. The van der Waals surface area contributed by atoms with Crippen molar-refractivity contribution in [2.75, 3.05) is 13.6 Å². The smallest absolute Gasteiger partial charge is 0.240 e. The number of nitrogens with zero attached hydrogens (tertiary/aromatic N) is 1. The topological polar surface area (TPSA) is 32.3 Å². The van der Waals surface area contributed by atoms with Gasteiger partial charge in [0.2, 0.25) is 5.91 Å². The SMILES string of the molecule is CNC1CCN(C2CCCCCCC2)C1=O. The van der Waals surface area contributed by atoms with E-state index >= 15 is 0 Å². The second-order valence-corrected chi connectivity index (χ2v) is 5.16. The van der Waals surface area contributed by atoms with Crippen LogP contribution in [0.15, 0.2) is 0 Å². The van der Waals surface area contributed by atoms with Crippen molar-refractivity contribution in [3.8, 4) is 0 Å². The van der Waals surface area contributed by atoms with E-state index in [2.05, 4.69) is 10.2 Å². The van der Waals surface area contributed by atoms with E-state index in [4.69, 9.17) is 0 Å². The Hall–Kier alpha value is -0.570. The number of hydrogen-bond acceptors (Lipinski definition) is 2. The van der Waals surface area contributed by atoms with Crippen molar-refractivity contribution in [3.63, 3.8) is 0 Å². The third-order valence-corrected chi connectivity index (χ3v) is 4.10. The molecule has 1 unspecified atom stereocenters. The summed E-state index contributed by atoms with van der Waals surface area (Å²) in [4.78, 5) is 14.2. The van der Waals surface area contributed by atoms with E-state index in [9.17, 15) is 4.79 Å². The average Bonchev–Trinajstić information content (AvgIpc) is 2.60. The Kier molecular flexibility index (Phi) is 4.22. The highest BCUT2D eigenvalue weighted by molar-refractivity contribution is 5.84. The van der Waals surface area contributed by atoms with E-state index in [1.807, 2.05) is 7.05 Å². The highest BCUT2D eigenvalue weighted by atomic mass is 16.2. The second-order valence-electron chi connectivity index (χ2n) is 5.16. The van der Waals surface area contributed by atoms with Gasteiger partial charge in [0.05, 0.1) is 6.04 Å². The van der Waals surface area contributed by atoms with Gasteiger partial charge in [-0.25, -0.2) is 0 Å². The Morgan fingerprint density at radius 3 is 2.25 bits per heavy atom. The van der Waals surface area contributed by atoms with E-state index in [0.29, 0.717) is 11.9 Å². The molecule has 2 fully saturated rings. The quantitative estimate of drug-likeness (QED) is 0.777. The fourth-order valence-corrected chi connectivity index (χ4v) is 3.08. The molecule has 3 heteroatoms. The van der Waals surface area contributed by atoms with Crippen LogP contribution in [0.1, 0.15) is 51.4 Å². The largest absolute Gasteiger partial charge is 0.338 e. The molecule has 1 amide bonds. The number of rotatable bonds is 2. The molecule has 0 radical (unpaired) electrons. The predicted octanol–water partition coefficient (Wildman–Crippen LogP) is 1.92. The second kappa shape index (κ2) is 5.67. The molecule has 1 heterocycles. The summed E-state index contributed by atoms with van der Waals surface area (Å²) in [5.41, 5.74) is 0. The van der Waals surface area contributed by atoms with Gasteiger partial charge in [-0.15, -0.1) is 0 Å². The van der Waals surface area contributed by atoms with Gasteiger partial charge < -0.3 is 10.2 Å². The lowest BCUT2D eigenvalue weighted by molar-refractivity contribution is -0.131. The van der Waals surface area contributed by atoms with Gasteiger partial charge in [0.15, 0.2) is 0 Å². The van der Waals surface area contributed by atoms with Crippen molar-refractivity contribution >= 4 is 5.91 Å². The molecule has 1 aliphatic carbocycles. The van der Waals surface area contributed by atoms with Crippen LogP contribution in [-0.4, -0.2) is 36.5 Å². The molecule has 0 bridgehead atoms. The molecule has 0 aromatic carbocycles. The van der Waals surface area contributed by atoms with Gasteiger partial charge in [0.25, 0.3) is 0 Å². The van der Waals surface area contributed by atoms with E-state index in [0.717, 1.165) is 13.0 Å². The summed E-state index contributed by atoms with van der Waals surface area (Å²) < 4.78 is 0. The standard InChI is InChI=1S/C13H24N2O/c1-14-12-9-10-15(13(12)16)11-7-5-3-2-4-6-8-11/h11-12,14H,2-10H2,1H3. The van der Waals surface area contributed by atoms with Crippen LogP contribution in [0.5, 0.6) is 0 Å². The lowest BCUT2D eigenvalue weighted by Crippen LogP contribution is -2.42. The summed E-state index contributed by atoms with van der Waals surface area (Å²) in [7, 11) is 1.89. The minimum atomic E-state index is 0.0884. The lowest BCUT2D eigenvalue weighted by atomic mass is 9.96. The van der Waals surface area contributed by atoms with Gasteiger partial charge in [-0.05, 0) is 26.3 Å². The Labute approximate surface area is 98.6 Å². The Balaban J connectivity index is 1.92. The molecule has 1 N–H and O–H groups in total. The highest BCUT2D eigenvalue weighted by Gasteiger charge is 2.34. The molecule has 1 atom stereocenters. The molecule has 16 heavy (non-hydrogen) atoms.